The predicted octanol–water partition coefficient (Wildman–Crippen LogP) is 3.42. The first kappa shape index (κ1) is 18.5. The summed E-state index contributed by atoms with van der Waals surface area (Å²) >= 11 is 0. The quantitative estimate of drug-likeness (QED) is 0.439. The molecule has 2 aromatic rings. The lowest BCUT2D eigenvalue weighted by atomic mass is 9.94. The number of ether oxygens (including phenoxy) is 2. The molecular weight excluding hydrogens is 320 g/mol. The summed E-state index contributed by atoms with van der Waals surface area (Å²) in [4.78, 5) is 35.7. The first-order chi connectivity index (χ1) is 11.8. The van der Waals surface area contributed by atoms with Crippen LogP contribution in [-0.2, 0) is 14.3 Å². The summed E-state index contributed by atoms with van der Waals surface area (Å²) in [5.41, 5.74) is 0.353. The van der Waals surface area contributed by atoms with E-state index < -0.39 is 11.6 Å². The fourth-order valence-electron chi connectivity index (χ4n) is 2.20. The molecule has 0 aromatic heterocycles. The molecule has 0 aliphatic heterocycles. The number of carbonyl (C=O) groups excluding carboxylic acids is 3. The summed E-state index contributed by atoms with van der Waals surface area (Å²) in [6.45, 7) is 4.17. The van der Waals surface area contributed by atoms with E-state index in [1.807, 2.05) is 6.07 Å². The molecule has 0 unspecified atom stereocenters. The van der Waals surface area contributed by atoms with Crippen LogP contribution in [0, 0.1) is 0 Å². The standard InChI is InChI=1S/C20H20O5/c1-14(21)24-13-25-20(2,3)19(23)17-11-9-16(10-12-17)18(22)15-7-5-4-6-8-15/h4-12H,13H2,1-3H3. The lowest BCUT2D eigenvalue weighted by molar-refractivity contribution is -0.161. The maximum Gasteiger partial charge on any atom is 0.304 e. The van der Waals surface area contributed by atoms with Crippen LogP contribution < -0.4 is 0 Å². The van der Waals surface area contributed by atoms with Crippen molar-refractivity contribution in [3.05, 3.63) is 71.3 Å². The number of Topliss-reactive ketones (excluding diaryl/α,β-unsaturated/α-hetero) is 1. The van der Waals surface area contributed by atoms with Crippen molar-refractivity contribution < 1.29 is 23.9 Å². The van der Waals surface area contributed by atoms with Gasteiger partial charge in [-0.2, -0.15) is 0 Å². The molecule has 0 fully saturated rings. The highest BCUT2D eigenvalue weighted by molar-refractivity contribution is 6.09. The van der Waals surface area contributed by atoms with E-state index in [1.165, 1.54) is 6.92 Å². The van der Waals surface area contributed by atoms with Gasteiger partial charge in [-0.15, -0.1) is 0 Å². The zero-order valence-electron chi connectivity index (χ0n) is 14.4. The molecule has 0 radical (unpaired) electrons. The minimum absolute atomic E-state index is 0.107. The number of rotatable bonds is 7. The highest BCUT2D eigenvalue weighted by Crippen LogP contribution is 2.19. The van der Waals surface area contributed by atoms with Crippen molar-refractivity contribution in [1.29, 1.82) is 0 Å². The Morgan fingerprint density at radius 3 is 1.92 bits per heavy atom. The van der Waals surface area contributed by atoms with Crippen molar-refractivity contribution in [3.8, 4) is 0 Å². The van der Waals surface area contributed by atoms with Crippen LogP contribution in [0.15, 0.2) is 54.6 Å². The van der Waals surface area contributed by atoms with Crippen LogP contribution in [0.5, 0.6) is 0 Å². The summed E-state index contributed by atoms with van der Waals surface area (Å²) in [6.07, 6.45) is 0. The Morgan fingerprint density at radius 1 is 0.840 bits per heavy atom. The van der Waals surface area contributed by atoms with E-state index in [0.29, 0.717) is 16.7 Å². The van der Waals surface area contributed by atoms with Crippen LogP contribution in [0.4, 0.5) is 0 Å². The first-order valence-corrected chi connectivity index (χ1v) is 7.83. The number of benzene rings is 2. The monoisotopic (exact) mass is 340 g/mol. The molecule has 0 aliphatic carbocycles. The second kappa shape index (κ2) is 7.85. The van der Waals surface area contributed by atoms with Gasteiger partial charge in [0.25, 0.3) is 0 Å². The van der Waals surface area contributed by atoms with Crippen LogP contribution >= 0.6 is 0 Å². The van der Waals surface area contributed by atoms with Crippen molar-refractivity contribution in [2.24, 2.45) is 0 Å². The zero-order chi connectivity index (χ0) is 18.4. The molecule has 0 N–H and O–H groups in total. The molecule has 2 rings (SSSR count). The highest BCUT2D eigenvalue weighted by atomic mass is 16.7. The SMILES string of the molecule is CC(=O)OCOC(C)(C)C(=O)c1ccc(C(=O)c2ccccc2)cc1. The van der Waals surface area contributed by atoms with Crippen molar-refractivity contribution in [3.63, 3.8) is 0 Å². The van der Waals surface area contributed by atoms with Gasteiger partial charge in [-0.25, -0.2) is 0 Å². The van der Waals surface area contributed by atoms with Gasteiger partial charge in [0.2, 0.25) is 0 Å². The summed E-state index contributed by atoms with van der Waals surface area (Å²) in [6, 6.07) is 15.3. The second-order valence-corrected chi connectivity index (χ2v) is 6.01. The zero-order valence-corrected chi connectivity index (χ0v) is 14.4. The fourth-order valence-corrected chi connectivity index (χ4v) is 2.20. The molecule has 0 saturated carbocycles. The molecule has 130 valence electrons. The number of hydrogen-bond acceptors (Lipinski definition) is 5. The van der Waals surface area contributed by atoms with Gasteiger partial charge in [-0.1, -0.05) is 54.6 Å². The molecule has 5 heteroatoms. The predicted molar refractivity (Wildman–Crippen MR) is 92.4 cm³/mol. The van der Waals surface area contributed by atoms with Gasteiger partial charge in [-0.05, 0) is 13.8 Å². The smallest absolute Gasteiger partial charge is 0.304 e. The first-order valence-electron chi connectivity index (χ1n) is 7.83. The summed E-state index contributed by atoms with van der Waals surface area (Å²) in [5, 5.41) is 0. The minimum atomic E-state index is -1.15. The Hall–Kier alpha value is -2.79. The van der Waals surface area contributed by atoms with Gasteiger partial charge in [0.05, 0.1) is 0 Å². The molecule has 0 atom stereocenters. The van der Waals surface area contributed by atoms with E-state index in [1.54, 1.807) is 62.4 Å². The maximum atomic E-state index is 12.5. The summed E-state index contributed by atoms with van der Waals surface area (Å²) in [5.74, 6) is -0.852. The normalized spacial score (nSPS) is 11.0. The van der Waals surface area contributed by atoms with E-state index >= 15 is 0 Å². The van der Waals surface area contributed by atoms with E-state index in [9.17, 15) is 14.4 Å². The van der Waals surface area contributed by atoms with Gasteiger partial charge < -0.3 is 9.47 Å². The van der Waals surface area contributed by atoms with Crippen molar-refractivity contribution in [2.75, 3.05) is 6.79 Å². The van der Waals surface area contributed by atoms with Crippen LogP contribution in [0.1, 0.15) is 47.1 Å². The van der Waals surface area contributed by atoms with E-state index in [4.69, 9.17) is 9.47 Å². The summed E-state index contributed by atoms with van der Waals surface area (Å²) < 4.78 is 10.0. The van der Waals surface area contributed by atoms with Crippen LogP contribution in [-0.4, -0.2) is 29.9 Å². The molecule has 25 heavy (non-hydrogen) atoms. The molecule has 0 saturated heterocycles. The van der Waals surface area contributed by atoms with Crippen LogP contribution in [0.3, 0.4) is 0 Å². The number of esters is 1. The average molecular weight is 340 g/mol. The van der Waals surface area contributed by atoms with Gasteiger partial charge in [-0.3, -0.25) is 14.4 Å². The molecule has 0 bridgehead atoms. The number of ketones is 2. The average Bonchev–Trinajstić information content (AvgIpc) is 2.61. The summed E-state index contributed by atoms with van der Waals surface area (Å²) in [7, 11) is 0. The number of carbonyl (C=O) groups is 3. The van der Waals surface area contributed by atoms with Crippen molar-refractivity contribution >= 4 is 17.5 Å². The number of hydrogen-bond donors (Lipinski definition) is 0. The van der Waals surface area contributed by atoms with E-state index in [-0.39, 0.29) is 18.4 Å². The van der Waals surface area contributed by atoms with E-state index in [2.05, 4.69) is 0 Å². The van der Waals surface area contributed by atoms with Crippen LogP contribution in [0.25, 0.3) is 0 Å². The molecule has 0 amide bonds. The van der Waals surface area contributed by atoms with Gasteiger partial charge in [0.15, 0.2) is 18.4 Å². The van der Waals surface area contributed by atoms with Gasteiger partial charge in [0, 0.05) is 23.6 Å². The van der Waals surface area contributed by atoms with Crippen molar-refractivity contribution in [2.45, 2.75) is 26.4 Å². The Bertz CT molecular complexity index is 760. The third-order valence-electron chi connectivity index (χ3n) is 3.67. The second-order valence-electron chi connectivity index (χ2n) is 6.01. The van der Waals surface area contributed by atoms with Gasteiger partial charge >= 0.3 is 5.97 Å². The Morgan fingerprint density at radius 2 is 1.36 bits per heavy atom. The fraction of sp³-hybridized carbons (Fsp3) is 0.250. The third-order valence-corrected chi connectivity index (χ3v) is 3.67. The lowest BCUT2D eigenvalue weighted by Gasteiger charge is -2.23. The van der Waals surface area contributed by atoms with Crippen molar-refractivity contribution in [1.82, 2.24) is 0 Å². The third kappa shape index (κ3) is 4.84. The Balaban J connectivity index is 2.09. The largest absolute Gasteiger partial charge is 0.439 e. The van der Waals surface area contributed by atoms with Crippen LogP contribution in [0.2, 0.25) is 0 Å². The molecule has 0 heterocycles. The topological polar surface area (TPSA) is 69.7 Å². The van der Waals surface area contributed by atoms with Gasteiger partial charge in [0.1, 0.15) is 5.60 Å². The Labute approximate surface area is 146 Å². The Kier molecular flexibility index (Phi) is 5.83. The molecular formula is C20H20O5. The lowest BCUT2D eigenvalue weighted by Crippen LogP contribution is -2.36. The molecule has 5 nitrogen and oxygen atoms in total. The highest BCUT2D eigenvalue weighted by Gasteiger charge is 2.30. The maximum absolute atomic E-state index is 12.5. The van der Waals surface area contributed by atoms with E-state index in [0.717, 1.165) is 0 Å². The molecule has 0 aliphatic rings. The molecule has 0 spiro atoms. The minimum Gasteiger partial charge on any atom is -0.439 e. The molecule has 2 aromatic carbocycles.